The van der Waals surface area contributed by atoms with E-state index in [0.717, 1.165) is 5.56 Å². The molecule has 3 N–H and O–H groups in total. The molecule has 0 saturated carbocycles. The summed E-state index contributed by atoms with van der Waals surface area (Å²) in [6.07, 6.45) is 3.01. The number of carbonyl (C=O) groups is 1. The molecule has 2 aromatic rings. The van der Waals surface area contributed by atoms with Crippen LogP contribution in [0, 0.1) is 5.82 Å². The molecule has 0 saturated heterocycles. The van der Waals surface area contributed by atoms with Gasteiger partial charge in [-0.1, -0.05) is 23.7 Å². The maximum atomic E-state index is 12.7. The third kappa shape index (κ3) is 4.50. The number of rotatable bonds is 3. The highest BCUT2D eigenvalue weighted by Gasteiger charge is 2.05. The fourth-order valence-electron chi connectivity index (χ4n) is 1.55. The zero-order chi connectivity index (χ0) is 15.2. The average molecular weight is 307 g/mol. The molecule has 0 bridgehead atoms. The van der Waals surface area contributed by atoms with Crippen LogP contribution in [0.4, 0.5) is 14.9 Å². The number of amides is 2. The molecule has 2 aromatic carbocycles. The van der Waals surface area contributed by atoms with Gasteiger partial charge >= 0.3 is 6.03 Å². The van der Waals surface area contributed by atoms with Gasteiger partial charge in [-0.3, -0.25) is 0 Å². The number of aromatic hydroxyl groups is 1. The fourth-order valence-corrected chi connectivity index (χ4v) is 1.73. The third-order valence-corrected chi connectivity index (χ3v) is 2.80. The van der Waals surface area contributed by atoms with Gasteiger partial charge in [-0.25, -0.2) is 9.18 Å². The van der Waals surface area contributed by atoms with Gasteiger partial charge < -0.3 is 15.7 Å². The van der Waals surface area contributed by atoms with Crippen LogP contribution in [0.3, 0.4) is 0 Å². The Bertz CT molecular complexity index is 672. The van der Waals surface area contributed by atoms with Crippen molar-refractivity contribution >= 4 is 29.4 Å². The van der Waals surface area contributed by atoms with Gasteiger partial charge in [-0.2, -0.15) is 0 Å². The summed E-state index contributed by atoms with van der Waals surface area (Å²) in [5.41, 5.74) is 0.942. The standard InChI is InChI=1S/C15H12ClFN2O2/c16-11-3-6-14(20)13(9-11)19-15(21)18-8-7-10-1-4-12(17)5-2-10/h1-9,20H,(H2,18,19,21)/b8-7+. The van der Waals surface area contributed by atoms with Gasteiger partial charge in [0, 0.05) is 11.2 Å². The molecule has 0 aliphatic heterocycles. The summed E-state index contributed by atoms with van der Waals surface area (Å²) in [5, 5.41) is 14.9. The number of benzene rings is 2. The van der Waals surface area contributed by atoms with Crippen LogP contribution < -0.4 is 10.6 Å². The summed E-state index contributed by atoms with van der Waals surface area (Å²) in [6, 6.07) is 9.59. The molecular weight excluding hydrogens is 295 g/mol. The SMILES string of the molecule is O=C(N/C=C/c1ccc(F)cc1)Nc1cc(Cl)ccc1O. The Hall–Kier alpha value is -2.53. The second-order valence-electron chi connectivity index (χ2n) is 4.14. The van der Waals surface area contributed by atoms with Crippen LogP contribution in [-0.2, 0) is 0 Å². The molecule has 2 amide bonds. The van der Waals surface area contributed by atoms with Crippen molar-refractivity contribution in [1.82, 2.24) is 5.32 Å². The number of nitrogens with one attached hydrogen (secondary N) is 2. The van der Waals surface area contributed by atoms with E-state index in [1.54, 1.807) is 18.2 Å². The molecule has 0 fully saturated rings. The van der Waals surface area contributed by atoms with Crippen LogP contribution in [0.5, 0.6) is 5.75 Å². The van der Waals surface area contributed by atoms with Gasteiger partial charge in [0.1, 0.15) is 11.6 Å². The smallest absolute Gasteiger partial charge is 0.323 e. The second-order valence-corrected chi connectivity index (χ2v) is 4.58. The van der Waals surface area contributed by atoms with Crippen molar-refractivity contribution in [1.29, 1.82) is 0 Å². The van der Waals surface area contributed by atoms with Crippen molar-refractivity contribution < 1.29 is 14.3 Å². The van der Waals surface area contributed by atoms with Gasteiger partial charge in [0.15, 0.2) is 0 Å². The predicted molar refractivity (Wildman–Crippen MR) is 80.7 cm³/mol. The van der Waals surface area contributed by atoms with E-state index in [9.17, 15) is 14.3 Å². The van der Waals surface area contributed by atoms with Crippen molar-refractivity contribution in [3.8, 4) is 5.75 Å². The van der Waals surface area contributed by atoms with Crippen LogP contribution in [0.25, 0.3) is 6.08 Å². The molecular formula is C15H12ClFN2O2. The Kier molecular flexibility index (Phi) is 4.79. The van der Waals surface area contributed by atoms with E-state index in [2.05, 4.69) is 10.6 Å². The largest absolute Gasteiger partial charge is 0.506 e. The molecule has 0 aliphatic rings. The van der Waals surface area contributed by atoms with E-state index in [0.29, 0.717) is 5.02 Å². The first-order valence-electron chi connectivity index (χ1n) is 6.03. The van der Waals surface area contributed by atoms with Crippen molar-refractivity contribution in [2.75, 3.05) is 5.32 Å². The number of hydrogen-bond donors (Lipinski definition) is 3. The number of halogens is 2. The van der Waals surface area contributed by atoms with Crippen molar-refractivity contribution in [2.45, 2.75) is 0 Å². The Labute approximate surface area is 125 Å². The molecule has 0 spiro atoms. The van der Waals surface area contributed by atoms with Crippen molar-refractivity contribution in [3.63, 3.8) is 0 Å². The molecule has 0 atom stereocenters. The van der Waals surface area contributed by atoms with Gasteiger partial charge in [-0.15, -0.1) is 0 Å². The zero-order valence-corrected chi connectivity index (χ0v) is 11.6. The van der Waals surface area contributed by atoms with Gasteiger partial charge in [-0.05, 0) is 42.0 Å². The van der Waals surface area contributed by atoms with Gasteiger partial charge in [0.25, 0.3) is 0 Å². The summed E-state index contributed by atoms with van der Waals surface area (Å²) in [7, 11) is 0. The number of phenolic OH excluding ortho intramolecular Hbond substituents is 1. The number of anilines is 1. The van der Waals surface area contributed by atoms with E-state index in [4.69, 9.17) is 11.6 Å². The highest BCUT2D eigenvalue weighted by atomic mass is 35.5. The van der Waals surface area contributed by atoms with Crippen LogP contribution in [0.1, 0.15) is 5.56 Å². The van der Waals surface area contributed by atoms with E-state index in [1.807, 2.05) is 0 Å². The molecule has 6 heteroatoms. The zero-order valence-electron chi connectivity index (χ0n) is 10.8. The number of hydrogen-bond acceptors (Lipinski definition) is 2. The van der Waals surface area contributed by atoms with Crippen LogP contribution in [0.2, 0.25) is 5.02 Å². The number of urea groups is 1. The molecule has 0 radical (unpaired) electrons. The minimum Gasteiger partial charge on any atom is -0.506 e. The maximum absolute atomic E-state index is 12.7. The Balaban J connectivity index is 1.93. The lowest BCUT2D eigenvalue weighted by atomic mass is 10.2. The molecule has 2 rings (SSSR count). The summed E-state index contributed by atoms with van der Waals surface area (Å²) < 4.78 is 12.7. The van der Waals surface area contributed by atoms with Crippen LogP contribution in [0.15, 0.2) is 48.7 Å². The number of phenols is 1. The first-order valence-corrected chi connectivity index (χ1v) is 6.40. The first-order chi connectivity index (χ1) is 10.0. The lowest BCUT2D eigenvalue weighted by Crippen LogP contribution is -2.23. The summed E-state index contributed by atoms with van der Waals surface area (Å²) >= 11 is 5.77. The lowest BCUT2D eigenvalue weighted by Gasteiger charge is -2.07. The highest BCUT2D eigenvalue weighted by Crippen LogP contribution is 2.26. The van der Waals surface area contributed by atoms with Crippen molar-refractivity contribution in [3.05, 3.63) is 65.1 Å². The number of carbonyl (C=O) groups excluding carboxylic acids is 1. The topological polar surface area (TPSA) is 61.4 Å². The van der Waals surface area contributed by atoms with Gasteiger partial charge in [0.05, 0.1) is 5.69 Å². The normalized spacial score (nSPS) is 10.6. The van der Waals surface area contributed by atoms with Crippen molar-refractivity contribution in [2.24, 2.45) is 0 Å². The van der Waals surface area contributed by atoms with E-state index >= 15 is 0 Å². The summed E-state index contributed by atoms with van der Waals surface area (Å²) in [4.78, 5) is 11.6. The Morgan fingerprint density at radius 3 is 2.62 bits per heavy atom. The van der Waals surface area contributed by atoms with Gasteiger partial charge in [0.2, 0.25) is 0 Å². The van der Waals surface area contributed by atoms with Crippen LogP contribution in [-0.4, -0.2) is 11.1 Å². The minimum atomic E-state index is -0.536. The summed E-state index contributed by atoms with van der Waals surface area (Å²) in [5.74, 6) is -0.411. The molecule has 0 aliphatic carbocycles. The molecule has 21 heavy (non-hydrogen) atoms. The molecule has 108 valence electrons. The molecule has 0 unspecified atom stereocenters. The van der Waals surface area contributed by atoms with E-state index in [-0.39, 0.29) is 17.3 Å². The predicted octanol–water partition coefficient (Wildman–Crippen LogP) is 3.98. The lowest BCUT2D eigenvalue weighted by molar-refractivity contribution is 0.255. The third-order valence-electron chi connectivity index (χ3n) is 2.57. The van der Waals surface area contributed by atoms with E-state index < -0.39 is 6.03 Å². The first kappa shape index (κ1) is 14.9. The fraction of sp³-hybridized carbons (Fsp3) is 0. The highest BCUT2D eigenvalue weighted by molar-refractivity contribution is 6.31. The molecule has 4 nitrogen and oxygen atoms in total. The summed E-state index contributed by atoms with van der Waals surface area (Å²) in [6.45, 7) is 0. The second kappa shape index (κ2) is 6.76. The van der Waals surface area contributed by atoms with Crippen LogP contribution >= 0.6 is 11.6 Å². The monoisotopic (exact) mass is 306 g/mol. The molecule has 0 aromatic heterocycles. The average Bonchev–Trinajstić information content (AvgIpc) is 2.45. The minimum absolute atomic E-state index is 0.0861. The van der Waals surface area contributed by atoms with E-state index in [1.165, 1.54) is 36.5 Å². The Morgan fingerprint density at radius 2 is 1.90 bits per heavy atom. The quantitative estimate of drug-likeness (QED) is 0.751. The Morgan fingerprint density at radius 1 is 1.19 bits per heavy atom. The maximum Gasteiger partial charge on any atom is 0.323 e. The molecule has 0 heterocycles.